The predicted molar refractivity (Wildman–Crippen MR) is 71.4 cm³/mol. The highest BCUT2D eigenvalue weighted by molar-refractivity contribution is 5.91. The Morgan fingerprint density at radius 2 is 2.00 bits per heavy atom. The van der Waals surface area contributed by atoms with Crippen molar-refractivity contribution in [2.24, 2.45) is 13.0 Å². The fraction of sp³-hybridized carbons (Fsp3) is 0.615. The van der Waals surface area contributed by atoms with Crippen molar-refractivity contribution in [3.05, 3.63) is 22.7 Å². The largest absolute Gasteiger partial charge is 0.314 e. The van der Waals surface area contributed by atoms with Crippen LogP contribution in [0.25, 0.3) is 0 Å². The van der Waals surface area contributed by atoms with Gasteiger partial charge in [0.05, 0.1) is 0 Å². The highest BCUT2D eigenvalue weighted by Gasteiger charge is 2.18. The van der Waals surface area contributed by atoms with Crippen LogP contribution in [-0.2, 0) is 11.8 Å². The number of carbonyl (C=O) groups excluding carboxylic acids is 1. The van der Waals surface area contributed by atoms with E-state index in [1.165, 1.54) is 10.8 Å². The summed E-state index contributed by atoms with van der Waals surface area (Å²) in [6.45, 7) is 4.10. The van der Waals surface area contributed by atoms with Crippen molar-refractivity contribution in [2.45, 2.75) is 39.5 Å². The molecule has 5 nitrogen and oxygen atoms in total. The number of carbonyl (C=O) groups is 1. The molecule has 1 N–H and O–H groups in total. The first-order valence-corrected chi connectivity index (χ1v) is 6.42. The van der Waals surface area contributed by atoms with Gasteiger partial charge >= 0.3 is 0 Å². The summed E-state index contributed by atoms with van der Waals surface area (Å²) in [5, 5.41) is 2.64. The average Bonchev–Trinajstić information content (AvgIpc) is 2.34. The van der Waals surface area contributed by atoms with Crippen molar-refractivity contribution in [2.75, 3.05) is 5.32 Å². The predicted octanol–water partition coefficient (Wildman–Crippen LogP) is 1.94. The van der Waals surface area contributed by atoms with Gasteiger partial charge in [0.2, 0.25) is 5.91 Å². The van der Waals surface area contributed by atoms with Crippen molar-refractivity contribution >= 4 is 11.7 Å². The number of rotatable bonds is 6. The second-order valence-electron chi connectivity index (χ2n) is 4.46. The van der Waals surface area contributed by atoms with Crippen LogP contribution < -0.4 is 10.9 Å². The van der Waals surface area contributed by atoms with E-state index in [0.717, 1.165) is 25.7 Å². The summed E-state index contributed by atoms with van der Waals surface area (Å²) in [6, 6.07) is 0. The number of amides is 1. The van der Waals surface area contributed by atoms with Gasteiger partial charge in [-0.2, -0.15) is 0 Å². The molecule has 1 heterocycles. The smallest absolute Gasteiger partial charge is 0.293 e. The van der Waals surface area contributed by atoms with Crippen molar-refractivity contribution in [3.8, 4) is 0 Å². The summed E-state index contributed by atoms with van der Waals surface area (Å²) in [7, 11) is 1.63. The second kappa shape index (κ2) is 6.93. The van der Waals surface area contributed by atoms with E-state index in [4.69, 9.17) is 0 Å². The minimum Gasteiger partial charge on any atom is -0.314 e. The Hall–Kier alpha value is -1.65. The van der Waals surface area contributed by atoms with Gasteiger partial charge in [0, 0.05) is 25.4 Å². The molecule has 0 unspecified atom stereocenters. The van der Waals surface area contributed by atoms with Crippen LogP contribution in [0.4, 0.5) is 5.82 Å². The van der Waals surface area contributed by atoms with Crippen molar-refractivity contribution in [3.63, 3.8) is 0 Å². The number of aromatic nitrogens is 2. The Kier molecular flexibility index (Phi) is 5.55. The first-order chi connectivity index (χ1) is 8.60. The number of anilines is 1. The number of aryl methyl sites for hydroxylation is 1. The Labute approximate surface area is 107 Å². The maximum Gasteiger partial charge on any atom is 0.293 e. The molecule has 0 aliphatic heterocycles. The molecule has 0 saturated heterocycles. The van der Waals surface area contributed by atoms with Gasteiger partial charge in [-0.25, -0.2) is 4.98 Å². The minimum atomic E-state index is -0.280. The van der Waals surface area contributed by atoms with Gasteiger partial charge in [-0.3, -0.25) is 9.59 Å². The third-order valence-corrected chi connectivity index (χ3v) is 2.90. The fourth-order valence-electron chi connectivity index (χ4n) is 1.91. The Morgan fingerprint density at radius 1 is 1.39 bits per heavy atom. The van der Waals surface area contributed by atoms with E-state index in [1.54, 1.807) is 13.2 Å². The van der Waals surface area contributed by atoms with Crippen LogP contribution in [0.3, 0.4) is 0 Å². The first kappa shape index (κ1) is 14.4. The minimum absolute atomic E-state index is 0.0355. The molecule has 0 radical (unpaired) electrons. The van der Waals surface area contributed by atoms with E-state index in [-0.39, 0.29) is 23.2 Å². The van der Waals surface area contributed by atoms with Crippen LogP contribution in [0.15, 0.2) is 17.2 Å². The topological polar surface area (TPSA) is 64.0 Å². The molecule has 1 rings (SSSR count). The number of hydrogen-bond acceptors (Lipinski definition) is 3. The number of hydrogen-bond donors (Lipinski definition) is 1. The molecule has 5 heteroatoms. The quantitative estimate of drug-likeness (QED) is 0.840. The maximum absolute atomic E-state index is 12.1. The van der Waals surface area contributed by atoms with E-state index < -0.39 is 0 Å². The molecule has 1 amide bonds. The lowest BCUT2D eigenvalue weighted by Crippen LogP contribution is -2.29. The monoisotopic (exact) mass is 251 g/mol. The molecule has 100 valence electrons. The molecule has 0 saturated carbocycles. The fourth-order valence-corrected chi connectivity index (χ4v) is 1.91. The van der Waals surface area contributed by atoms with E-state index in [2.05, 4.69) is 24.1 Å². The number of nitrogens with zero attached hydrogens (tertiary/aromatic N) is 2. The Balaban J connectivity index is 2.79. The van der Waals surface area contributed by atoms with Crippen LogP contribution in [0.1, 0.15) is 39.5 Å². The van der Waals surface area contributed by atoms with E-state index in [0.29, 0.717) is 0 Å². The van der Waals surface area contributed by atoms with Crippen LogP contribution in [0, 0.1) is 5.92 Å². The van der Waals surface area contributed by atoms with E-state index >= 15 is 0 Å². The summed E-state index contributed by atoms with van der Waals surface area (Å²) < 4.78 is 1.40. The molecule has 0 spiro atoms. The van der Waals surface area contributed by atoms with Gasteiger partial charge in [0.1, 0.15) is 0 Å². The molecule has 1 aromatic rings. The highest BCUT2D eigenvalue weighted by Crippen LogP contribution is 2.14. The third-order valence-electron chi connectivity index (χ3n) is 2.90. The molecule has 0 aliphatic carbocycles. The molecule has 0 atom stereocenters. The van der Waals surface area contributed by atoms with Gasteiger partial charge in [0.25, 0.3) is 5.56 Å². The molecule has 0 bridgehead atoms. The Bertz CT molecular complexity index is 448. The molecular formula is C13H21N3O2. The van der Waals surface area contributed by atoms with Gasteiger partial charge in [-0.1, -0.05) is 26.7 Å². The average molecular weight is 251 g/mol. The summed E-state index contributed by atoms with van der Waals surface area (Å²) in [5.41, 5.74) is -0.280. The van der Waals surface area contributed by atoms with Gasteiger partial charge < -0.3 is 9.88 Å². The van der Waals surface area contributed by atoms with Crippen molar-refractivity contribution in [1.82, 2.24) is 9.55 Å². The maximum atomic E-state index is 12.1. The van der Waals surface area contributed by atoms with E-state index in [1.807, 2.05) is 0 Å². The zero-order valence-corrected chi connectivity index (χ0v) is 11.3. The molecular weight excluding hydrogens is 230 g/mol. The second-order valence-corrected chi connectivity index (χ2v) is 4.46. The summed E-state index contributed by atoms with van der Waals surface area (Å²) in [5.74, 6) is -0.0246. The lowest BCUT2D eigenvalue weighted by molar-refractivity contribution is -0.120. The molecule has 18 heavy (non-hydrogen) atoms. The van der Waals surface area contributed by atoms with Crippen LogP contribution in [0.5, 0.6) is 0 Å². The van der Waals surface area contributed by atoms with Crippen molar-refractivity contribution < 1.29 is 4.79 Å². The Morgan fingerprint density at radius 3 is 2.56 bits per heavy atom. The lowest BCUT2D eigenvalue weighted by Gasteiger charge is -2.14. The SMILES string of the molecule is CCCC(CCC)C(=O)Nc1nccn(C)c1=O. The van der Waals surface area contributed by atoms with Gasteiger partial charge in [0.15, 0.2) is 5.82 Å². The summed E-state index contributed by atoms with van der Waals surface area (Å²) in [4.78, 5) is 27.7. The summed E-state index contributed by atoms with van der Waals surface area (Å²) in [6.07, 6.45) is 6.66. The molecule has 1 aromatic heterocycles. The van der Waals surface area contributed by atoms with Crippen molar-refractivity contribution in [1.29, 1.82) is 0 Å². The van der Waals surface area contributed by atoms with Gasteiger partial charge in [-0.15, -0.1) is 0 Å². The lowest BCUT2D eigenvalue weighted by atomic mass is 9.97. The van der Waals surface area contributed by atoms with E-state index in [9.17, 15) is 9.59 Å². The zero-order valence-electron chi connectivity index (χ0n) is 11.3. The standard InChI is InChI=1S/C13H21N3O2/c1-4-6-10(7-5-2)12(17)15-11-13(18)16(3)9-8-14-11/h8-10H,4-7H2,1-3H3,(H,14,15,17). The molecule has 0 aromatic carbocycles. The first-order valence-electron chi connectivity index (χ1n) is 6.42. The van der Waals surface area contributed by atoms with Gasteiger partial charge in [-0.05, 0) is 12.8 Å². The van der Waals surface area contributed by atoms with Crippen LogP contribution in [0.2, 0.25) is 0 Å². The van der Waals surface area contributed by atoms with Crippen LogP contribution in [-0.4, -0.2) is 15.5 Å². The third kappa shape index (κ3) is 3.68. The molecule has 0 aliphatic rings. The zero-order chi connectivity index (χ0) is 13.5. The molecule has 0 fully saturated rings. The number of nitrogens with one attached hydrogen (secondary N) is 1. The summed E-state index contributed by atoms with van der Waals surface area (Å²) >= 11 is 0. The highest BCUT2D eigenvalue weighted by atomic mass is 16.2. The van der Waals surface area contributed by atoms with Crippen LogP contribution >= 0.6 is 0 Å². The normalized spacial score (nSPS) is 10.7.